The molecule has 0 spiro atoms. The van der Waals surface area contributed by atoms with Crippen LogP contribution >= 0.6 is 11.6 Å². The van der Waals surface area contributed by atoms with Crippen LogP contribution in [-0.2, 0) is 6.54 Å². The molecule has 0 saturated heterocycles. The topological polar surface area (TPSA) is 128 Å². The predicted molar refractivity (Wildman–Crippen MR) is 91.9 cm³/mol. The molecule has 0 aliphatic heterocycles. The fourth-order valence-electron chi connectivity index (χ4n) is 2.55. The van der Waals surface area contributed by atoms with E-state index in [4.69, 9.17) is 16.0 Å². The van der Waals surface area contributed by atoms with Gasteiger partial charge in [0.1, 0.15) is 16.1 Å². The molecular formula is C16H12ClN5O4. The van der Waals surface area contributed by atoms with Crippen LogP contribution in [0.5, 0.6) is 0 Å². The molecule has 0 unspecified atom stereocenters. The van der Waals surface area contributed by atoms with Gasteiger partial charge in [-0.1, -0.05) is 30.7 Å². The summed E-state index contributed by atoms with van der Waals surface area (Å²) in [6.07, 6.45) is 0.534. The van der Waals surface area contributed by atoms with Crippen LogP contribution in [0.3, 0.4) is 0 Å². The molecule has 0 aliphatic rings. The third-order valence-corrected chi connectivity index (χ3v) is 4.06. The Labute approximate surface area is 151 Å². The quantitative estimate of drug-likeness (QED) is 0.496. The van der Waals surface area contributed by atoms with Crippen LogP contribution < -0.4 is 5.56 Å². The molecular weight excluding hydrogens is 362 g/mol. The van der Waals surface area contributed by atoms with Crippen molar-refractivity contribution in [2.75, 3.05) is 0 Å². The third-order valence-electron chi connectivity index (χ3n) is 3.70. The van der Waals surface area contributed by atoms with E-state index in [1.807, 2.05) is 6.07 Å². The number of benzene rings is 1. The van der Waals surface area contributed by atoms with Crippen molar-refractivity contribution in [3.05, 3.63) is 61.2 Å². The molecule has 3 aromatic rings. The monoisotopic (exact) mass is 373 g/mol. The molecule has 26 heavy (non-hydrogen) atoms. The van der Waals surface area contributed by atoms with Crippen LogP contribution in [0.1, 0.15) is 30.7 Å². The summed E-state index contributed by atoms with van der Waals surface area (Å²) in [6, 6.07) is 8.65. The minimum absolute atomic E-state index is 0.0897. The average molecular weight is 374 g/mol. The number of aryl methyl sites for hydroxylation is 1. The third kappa shape index (κ3) is 2.91. The fraction of sp³-hybridized carbons (Fsp3) is 0.250. The standard InChI is InChI=1S/C16H12ClN5O4/c1-2-7-21-16(23)13(17)12(14(20-21)22(24)25)9(8-18)15-19-10-5-3-4-6-11(10)26-15/h3-6,9H,2,7H2,1H3/t9-/m1/s1. The normalized spacial score (nSPS) is 12.0. The summed E-state index contributed by atoms with van der Waals surface area (Å²) >= 11 is 6.11. The summed E-state index contributed by atoms with van der Waals surface area (Å²) < 4.78 is 6.45. The van der Waals surface area contributed by atoms with E-state index in [1.54, 1.807) is 31.2 Å². The highest BCUT2D eigenvalue weighted by Crippen LogP contribution is 2.34. The van der Waals surface area contributed by atoms with Gasteiger partial charge in [0.25, 0.3) is 0 Å². The Morgan fingerprint density at radius 2 is 2.19 bits per heavy atom. The SMILES string of the molecule is CCCn1nc([N+](=O)[O-])c([C@@H](C#N)c2nc3ccccc3o2)c(Cl)c1=O. The molecule has 0 N–H and O–H groups in total. The number of oxazole rings is 1. The van der Waals surface area contributed by atoms with Gasteiger partial charge in [-0.2, -0.15) is 5.26 Å². The number of hydrogen-bond donors (Lipinski definition) is 0. The molecule has 0 fully saturated rings. The van der Waals surface area contributed by atoms with Crippen LogP contribution in [0.15, 0.2) is 33.5 Å². The van der Waals surface area contributed by atoms with E-state index in [0.717, 1.165) is 4.68 Å². The number of nitrogens with zero attached hydrogens (tertiary/aromatic N) is 5. The second-order valence-electron chi connectivity index (χ2n) is 5.42. The molecule has 0 aliphatic carbocycles. The van der Waals surface area contributed by atoms with E-state index >= 15 is 0 Å². The predicted octanol–water partition coefficient (Wildman–Crippen LogP) is 3.01. The minimum atomic E-state index is -1.34. The maximum Gasteiger partial charge on any atom is 0.395 e. The number of para-hydroxylation sites is 2. The number of nitriles is 1. The highest BCUT2D eigenvalue weighted by atomic mass is 35.5. The second-order valence-corrected chi connectivity index (χ2v) is 5.80. The first-order valence-electron chi connectivity index (χ1n) is 7.67. The lowest BCUT2D eigenvalue weighted by Crippen LogP contribution is -2.27. The maximum absolute atomic E-state index is 12.4. The number of rotatable bonds is 5. The Morgan fingerprint density at radius 1 is 1.46 bits per heavy atom. The second kappa shape index (κ2) is 6.93. The Balaban J connectivity index is 2.25. The van der Waals surface area contributed by atoms with Crippen LogP contribution in [0, 0.1) is 21.4 Å². The van der Waals surface area contributed by atoms with Gasteiger partial charge in [0.05, 0.1) is 17.7 Å². The van der Waals surface area contributed by atoms with E-state index < -0.39 is 27.2 Å². The van der Waals surface area contributed by atoms with Gasteiger partial charge in [0.2, 0.25) is 5.89 Å². The van der Waals surface area contributed by atoms with Crippen molar-refractivity contribution in [2.24, 2.45) is 0 Å². The molecule has 2 heterocycles. The van der Waals surface area contributed by atoms with E-state index in [9.17, 15) is 20.2 Å². The van der Waals surface area contributed by atoms with Gasteiger partial charge >= 0.3 is 11.4 Å². The highest BCUT2D eigenvalue weighted by molar-refractivity contribution is 6.31. The van der Waals surface area contributed by atoms with Gasteiger partial charge in [0.15, 0.2) is 11.5 Å². The van der Waals surface area contributed by atoms with Gasteiger partial charge < -0.3 is 14.5 Å². The van der Waals surface area contributed by atoms with Gasteiger partial charge in [0, 0.05) is 0 Å². The fourth-order valence-corrected chi connectivity index (χ4v) is 2.84. The van der Waals surface area contributed by atoms with Crippen LogP contribution in [0.25, 0.3) is 11.1 Å². The van der Waals surface area contributed by atoms with E-state index in [1.165, 1.54) is 0 Å². The molecule has 0 bridgehead atoms. The van der Waals surface area contributed by atoms with Crippen molar-refractivity contribution in [3.63, 3.8) is 0 Å². The first kappa shape index (κ1) is 17.6. The smallest absolute Gasteiger partial charge is 0.395 e. The number of halogens is 1. The van der Waals surface area contributed by atoms with Crippen LogP contribution in [-0.4, -0.2) is 19.7 Å². The molecule has 9 nitrogen and oxygen atoms in total. The summed E-state index contributed by atoms with van der Waals surface area (Å²) in [4.78, 5) is 27.2. The van der Waals surface area contributed by atoms with Gasteiger partial charge in [-0.25, -0.2) is 4.98 Å². The van der Waals surface area contributed by atoms with Crippen molar-refractivity contribution in [2.45, 2.75) is 25.8 Å². The summed E-state index contributed by atoms with van der Waals surface area (Å²) in [5, 5.41) is 24.4. The molecule has 3 rings (SSSR count). The van der Waals surface area contributed by atoms with Crippen molar-refractivity contribution in [1.29, 1.82) is 5.26 Å². The van der Waals surface area contributed by atoms with E-state index in [0.29, 0.717) is 17.5 Å². The molecule has 1 aromatic carbocycles. The molecule has 1 atom stereocenters. The molecule has 0 amide bonds. The largest absolute Gasteiger partial charge is 0.439 e. The lowest BCUT2D eigenvalue weighted by Gasteiger charge is -2.09. The molecule has 0 radical (unpaired) electrons. The Morgan fingerprint density at radius 3 is 2.81 bits per heavy atom. The molecule has 2 aromatic heterocycles. The van der Waals surface area contributed by atoms with Gasteiger partial charge in [-0.15, -0.1) is 4.68 Å². The number of fused-ring (bicyclic) bond motifs is 1. The molecule has 132 valence electrons. The highest BCUT2D eigenvalue weighted by Gasteiger charge is 2.35. The number of hydrogen-bond acceptors (Lipinski definition) is 7. The summed E-state index contributed by atoms with van der Waals surface area (Å²) in [6.45, 7) is 1.96. The number of nitro groups is 1. The maximum atomic E-state index is 12.4. The Bertz CT molecular complexity index is 1070. The van der Waals surface area contributed by atoms with E-state index in [2.05, 4.69) is 10.1 Å². The van der Waals surface area contributed by atoms with Crippen molar-refractivity contribution >= 4 is 28.5 Å². The van der Waals surface area contributed by atoms with Crippen molar-refractivity contribution in [3.8, 4) is 6.07 Å². The lowest BCUT2D eigenvalue weighted by atomic mass is 10.0. The zero-order valence-electron chi connectivity index (χ0n) is 13.5. The zero-order valence-corrected chi connectivity index (χ0v) is 14.3. The first-order valence-corrected chi connectivity index (χ1v) is 8.05. The Hall–Kier alpha value is -3.25. The minimum Gasteiger partial charge on any atom is -0.439 e. The Kier molecular flexibility index (Phi) is 4.69. The van der Waals surface area contributed by atoms with E-state index in [-0.39, 0.29) is 18.0 Å². The molecule has 10 heteroatoms. The van der Waals surface area contributed by atoms with Crippen LogP contribution in [0.2, 0.25) is 5.02 Å². The summed E-state index contributed by atoms with van der Waals surface area (Å²) in [5.74, 6) is -2.10. The summed E-state index contributed by atoms with van der Waals surface area (Å²) in [5.41, 5.74) is -0.129. The number of aromatic nitrogens is 3. The lowest BCUT2D eigenvalue weighted by molar-refractivity contribution is -0.391. The van der Waals surface area contributed by atoms with Crippen LogP contribution in [0.4, 0.5) is 5.82 Å². The summed E-state index contributed by atoms with van der Waals surface area (Å²) in [7, 11) is 0. The van der Waals surface area contributed by atoms with Gasteiger partial charge in [-0.05, 0) is 23.5 Å². The van der Waals surface area contributed by atoms with Crippen molar-refractivity contribution in [1.82, 2.24) is 14.8 Å². The average Bonchev–Trinajstić information content (AvgIpc) is 3.05. The van der Waals surface area contributed by atoms with Crippen molar-refractivity contribution < 1.29 is 9.34 Å². The van der Waals surface area contributed by atoms with Gasteiger partial charge in [-0.3, -0.25) is 4.79 Å². The molecule has 0 saturated carbocycles. The zero-order chi connectivity index (χ0) is 18.8. The first-order chi connectivity index (χ1) is 12.5.